The van der Waals surface area contributed by atoms with Gasteiger partial charge in [0, 0.05) is 35.6 Å². The molecule has 1 fully saturated rings. The number of rotatable bonds is 3. The Kier molecular flexibility index (Phi) is 5.32. The first-order valence-corrected chi connectivity index (χ1v) is 12.7. The van der Waals surface area contributed by atoms with E-state index in [2.05, 4.69) is 40.6 Å². The molecule has 1 aromatic carbocycles. The van der Waals surface area contributed by atoms with Crippen molar-refractivity contribution in [2.24, 2.45) is 17.8 Å². The number of ether oxygens (including phenoxy) is 1. The highest BCUT2D eigenvalue weighted by Crippen LogP contribution is 2.45. The molecule has 2 aliphatic heterocycles. The maximum atomic E-state index is 16.4. The molecule has 0 aliphatic carbocycles. The van der Waals surface area contributed by atoms with Gasteiger partial charge in [0.1, 0.15) is 16.6 Å². The van der Waals surface area contributed by atoms with Crippen molar-refractivity contribution in [3.8, 4) is 17.3 Å². The molecule has 0 bridgehead atoms. The van der Waals surface area contributed by atoms with E-state index in [9.17, 15) is 9.65 Å². The van der Waals surface area contributed by atoms with E-state index in [1.807, 2.05) is 6.07 Å². The summed E-state index contributed by atoms with van der Waals surface area (Å²) in [6, 6.07) is 2.04. The largest absolute Gasteiger partial charge is 0.389 e. The molecule has 10 heteroatoms. The molecule has 0 radical (unpaired) electrons. The lowest BCUT2D eigenvalue weighted by Gasteiger charge is -2.19. The smallest absolute Gasteiger partial charge is 0.225 e. The van der Waals surface area contributed by atoms with Gasteiger partial charge in [0.15, 0.2) is 11.6 Å². The van der Waals surface area contributed by atoms with E-state index >= 15 is 4.39 Å². The summed E-state index contributed by atoms with van der Waals surface area (Å²) in [5, 5.41) is 10.7. The number of nitrogens with zero attached hydrogens (tertiary/aromatic N) is 5. The lowest BCUT2D eigenvalue weighted by Crippen LogP contribution is -2.23. The van der Waals surface area contributed by atoms with E-state index in [1.165, 1.54) is 0 Å². The van der Waals surface area contributed by atoms with Crippen molar-refractivity contribution >= 4 is 43.3 Å². The second-order valence-corrected chi connectivity index (χ2v) is 11.0. The monoisotopic (exact) mass is 506 g/mol. The second-order valence-electron chi connectivity index (χ2n) is 9.97. The van der Waals surface area contributed by atoms with Crippen LogP contribution in [0.15, 0.2) is 12.4 Å². The number of benzene rings is 1. The highest BCUT2D eigenvalue weighted by atomic mass is 32.1. The van der Waals surface area contributed by atoms with Crippen LogP contribution in [0.2, 0.25) is 0 Å². The van der Waals surface area contributed by atoms with Gasteiger partial charge < -0.3 is 15.4 Å². The molecule has 0 spiro atoms. The SMILES string of the molecule is CC(C)C1CN(c2ncc3c4c(c(-c5ncc(F)c6sc(N)c(C#N)c56)c(F)c3n2)COC4)CC1C. The minimum atomic E-state index is -0.603. The number of aromatic nitrogens is 3. The lowest BCUT2D eigenvalue weighted by molar-refractivity contribution is 0.135. The summed E-state index contributed by atoms with van der Waals surface area (Å²) in [6.45, 7) is 8.71. The number of nitriles is 1. The molecule has 184 valence electrons. The summed E-state index contributed by atoms with van der Waals surface area (Å²) in [5.41, 5.74) is 8.01. The minimum Gasteiger partial charge on any atom is -0.389 e. The number of nitrogen functional groups attached to an aromatic ring is 1. The molecule has 2 unspecified atom stereocenters. The molecule has 0 amide bonds. The predicted molar refractivity (Wildman–Crippen MR) is 135 cm³/mol. The Labute approximate surface area is 210 Å². The summed E-state index contributed by atoms with van der Waals surface area (Å²) in [5.74, 6) is 0.796. The number of halogens is 2. The summed E-state index contributed by atoms with van der Waals surface area (Å²) in [6.07, 6.45) is 2.71. The zero-order chi connectivity index (χ0) is 25.3. The summed E-state index contributed by atoms with van der Waals surface area (Å²) >= 11 is 0.958. The molecule has 3 aromatic heterocycles. The lowest BCUT2D eigenvalue weighted by atomic mass is 9.88. The van der Waals surface area contributed by atoms with Crippen LogP contribution in [0.25, 0.3) is 32.2 Å². The Morgan fingerprint density at radius 2 is 1.97 bits per heavy atom. The maximum absolute atomic E-state index is 16.4. The van der Waals surface area contributed by atoms with Crippen LogP contribution in [0.3, 0.4) is 0 Å². The number of anilines is 2. The third kappa shape index (κ3) is 3.26. The van der Waals surface area contributed by atoms with Crippen LogP contribution in [0, 0.1) is 40.7 Å². The summed E-state index contributed by atoms with van der Waals surface area (Å²) < 4.78 is 36.9. The van der Waals surface area contributed by atoms with E-state index in [4.69, 9.17) is 10.5 Å². The molecule has 2 atom stereocenters. The van der Waals surface area contributed by atoms with Crippen molar-refractivity contribution in [3.63, 3.8) is 0 Å². The highest BCUT2D eigenvalue weighted by molar-refractivity contribution is 7.23. The van der Waals surface area contributed by atoms with Crippen molar-refractivity contribution in [2.45, 2.75) is 34.0 Å². The van der Waals surface area contributed by atoms with Crippen molar-refractivity contribution in [1.29, 1.82) is 5.26 Å². The Morgan fingerprint density at radius 1 is 1.19 bits per heavy atom. The fourth-order valence-corrected chi connectivity index (χ4v) is 6.64. The normalized spacial score (nSPS) is 19.5. The number of pyridine rings is 1. The fraction of sp³-hybridized carbons (Fsp3) is 0.385. The van der Waals surface area contributed by atoms with Crippen LogP contribution < -0.4 is 10.6 Å². The number of fused-ring (bicyclic) bond motifs is 4. The fourth-order valence-electron chi connectivity index (χ4n) is 5.71. The Hall–Kier alpha value is -3.42. The second kappa shape index (κ2) is 8.32. The molecule has 2 N–H and O–H groups in total. The van der Waals surface area contributed by atoms with Crippen molar-refractivity contribution < 1.29 is 13.5 Å². The average molecular weight is 507 g/mol. The van der Waals surface area contributed by atoms with Crippen molar-refractivity contribution in [1.82, 2.24) is 15.0 Å². The number of hydrogen-bond donors (Lipinski definition) is 1. The van der Waals surface area contributed by atoms with Crippen molar-refractivity contribution in [2.75, 3.05) is 23.7 Å². The van der Waals surface area contributed by atoms with Gasteiger partial charge in [0.25, 0.3) is 0 Å². The first-order chi connectivity index (χ1) is 17.3. The van der Waals surface area contributed by atoms with E-state index in [0.717, 1.165) is 36.2 Å². The zero-order valence-electron chi connectivity index (χ0n) is 20.1. The Bertz CT molecular complexity index is 1590. The number of nitrogens with two attached hydrogens (primary N) is 1. The third-order valence-corrected chi connectivity index (χ3v) is 8.57. The molecule has 2 aliphatic rings. The molecule has 36 heavy (non-hydrogen) atoms. The zero-order valence-corrected chi connectivity index (χ0v) is 20.9. The van der Waals surface area contributed by atoms with E-state index in [0.29, 0.717) is 34.7 Å². The molecule has 4 aromatic rings. The van der Waals surface area contributed by atoms with Crippen LogP contribution in [-0.4, -0.2) is 28.0 Å². The minimum absolute atomic E-state index is 0.0957. The molecule has 0 saturated carbocycles. The van der Waals surface area contributed by atoms with Crippen LogP contribution in [0.4, 0.5) is 19.7 Å². The number of hydrogen-bond acceptors (Lipinski definition) is 8. The Morgan fingerprint density at radius 3 is 2.69 bits per heavy atom. The standard InChI is InChI=1S/C26H24F2N6OS/c1-11(2)15-8-34(7-12(15)3)26-32-5-14-16-9-35-10-17(16)19(21(28)22(14)33-26)23-20-13(4-29)25(30)36-24(20)18(27)6-31-23/h5-6,11-12,15H,7-10,30H2,1-3H3. The van der Waals surface area contributed by atoms with Crippen LogP contribution in [0.1, 0.15) is 37.5 Å². The van der Waals surface area contributed by atoms with Gasteiger partial charge in [0.2, 0.25) is 5.95 Å². The molecular weight excluding hydrogens is 482 g/mol. The number of thiophene rings is 1. The Balaban J connectivity index is 1.59. The van der Waals surface area contributed by atoms with Gasteiger partial charge in [0.05, 0.1) is 35.4 Å². The van der Waals surface area contributed by atoms with Gasteiger partial charge >= 0.3 is 0 Å². The molecule has 1 saturated heterocycles. The third-order valence-electron chi connectivity index (χ3n) is 7.54. The first kappa shape index (κ1) is 23.0. The van der Waals surface area contributed by atoms with Gasteiger partial charge in [-0.15, -0.1) is 11.3 Å². The van der Waals surface area contributed by atoms with Gasteiger partial charge in [-0.2, -0.15) is 5.26 Å². The van der Waals surface area contributed by atoms with Gasteiger partial charge in [-0.25, -0.2) is 18.7 Å². The van der Waals surface area contributed by atoms with Gasteiger partial charge in [-0.1, -0.05) is 20.8 Å². The maximum Gasteiger partial charge on any atom is 0.225 e. The van der Waals surface area contributed by atoms with Crippen LogP contribution >= 0.6 is 11.3 Å². The van der Waals surface area contributed by atoms with E-state index in [1.54, 1.807) is 6.20 Å². The predicted octanol–water partition coefficient (Wildman–Crippen LogP) is 5.40. The quantitative estimate of drug-likeness (QED) is 0.397. The van der Waals surface area contributed by atoms with E-state index < -0.39 is 11.6 Å². The first-order valence-electron chi connectivity index (χ1n) is 11.9. The molecular formula is C26H24F2N6OS. The van der Waals surface area contributed by atoms with Crippen LogP contribution in [0.5, 0.6) is 0 Å². The molecule has 7 nitrogen and oxygen atoms in total. The average Bonchev–Trinajstić information content (AvgIpc) is 3.57. The molecule has 5 heterocycles. The van der Waals surface area contributed by atoms with Gasteiger partial charge in [-0.05, 0) is 28.9 Å². The topological polar surface area (TPSA) is 101 Å². The summed E-state index contributed by atoms with van der Waals surface area (Å²) in [7, 11) is 0. The highest BCUT2D eigenvalue weighted by Gasteiger charge is 2.34. The van der Waals surface area contributed by atoms with E-state index in [-0.39, 0.29) is 50.6 Å². The molecule has 6 rings (SSSR count). The van der Waals surface area contributed by atoms with Crippen molar-refractivity contribution in [3.05, 3.63) is 40.7 Å². The van der Waals surface area contributed by atoms with Crippen LogP contribution in [-0.2, 0) is 18.0 Å². The summed E-state index contributed by atoms with van der Waals surface area (Å²) in [4.78, 5) is 15.7. The van der Waals surface area contributed by atoms with Gasteiger partial charge in [-0.3, -0.25) is 4.98 Å².